The second-order valence-corrected chi connectivity index (χ2v) is 8.96. The molecule has 1 aliphatic heterocycles. The summed E-state index contributed by atoms with van der Waals surface area (Å²) in [6.45, 7) is 0. The lowest BCUT2D eigenvalue weighted by Crippen LogP contribution is -2.33. The van der Waals surface area contributed by atoms with Gasteiger partial charge in [-0.15, -0.1) is 0 Å². The Balaban J connectivity index is 1.89. The van der Waals surface area contributed by atoms with Crippen LogP contribution in [0, 0.1) is 0 Å². The third-order valence-electron chi connectivity index (χ3n) is 5.31. The molecule has 0 amide bonds. The zero-order valence-corrected chi connectivity index (χ0v) is 20.1. The predicted octanol–water partition coefficient (Wildman–Crippen LogP) is 3.14. The Morgan fingerprint density at radius 2 is 1.23 bits per heavy atom. The molecule has 1 heterocycles. The number of hydrogen-bond acceptors (Lipinski definition) is 9. The molecule has 0 N–H and O–H groups in total. The first kappa shape index (κ1) is 26.9. The summed E-state index contributed by atoms with van der Waals surface area (Å²) in [5.74, 6) is 1.96. The highest BCUT2D eigenvalue weighted by molar-refractivity contribution is 7.88. The molecule has 1 saturated heterocycles. The van der Waals surface area contributed by atoms with Gasteiger partial charge in [-0.3, -0.25) is 4.10 Å². The van der Waals surface area contributed by atoms with Gasteiger partial charge in [-0.25, -0.2) is 0 Å². The van der Waals surface area contributed by atoms with Crippen molar-refractivity contribution < 1.29 is 53.9 Å². The van der Waals surface area contributed by atoms with Crippen molar-refractivity contribution in [3.05, 3.63) is 47.5 Å². The SMILES string of the molecule is COc1ccc(C[C@@H]2OB(OS(=O)(=O)C(F)(F)F)O[C@H]2Cc2ccc(OC)cc2OC)c(OC)c1. The van der Waals surface area contributed by atoms with Gasteiger partial charge in [0.15, 0.2) is 0 Å². The molecule has 1 fully saturated rings. The van der Waals surface area contributed by atoms with Gasteiger partial charge in [0.05, 0.1) is 40.6 Å². The third kappa shape index (κ3) is 6.31. The van der Waals surface area contributed by atoms with E-state index in [0.29, 0.717) is 34.1 Å². The van der Waals surface area contributed by atoms with Crippen LogP contribution in [0.15, 0.2) is 36.4 Å². The molecule has 0 bridgehead atoms. The van der Waals surface area contributed by atoms with Crippen molar-refractivity contribution in [1.29, 1.82) is 0 Å². The lowest BCUT2D eigenvalue weighted by atomic mass is 9.97. The van der Waals surface area contributed by atoms with Crippen LogP contribution in [0.5, 0.6) is 23.0 Å². The maximum absolute atomic E-state index is 12.8. The highest BCUT2D eigenvalue weighted by atomic mass is 32.2. The first-order valence-corrected chi connectivity index (χ1v) is 11.6. The molecule has 3 rings (SSSR count). The van der Waals surface area contributed by atoms with Crippen LogP contribution >= 0.6 is 0 Å². The van der Waals surface area contributed by atoms with Gasteiger partial charge in [-0.1, -0.05) is 12.1 Å². The summed E-state index contributed by atoms with van der Waals surface area (Å²) in [5.41, 5.74) is -4.37. The minimum atomic E-state index is -5.95. The minimum absolute atomic E-state index is 0.113. The van der Waals surface area contributed by atoms with E-state index >= 15 is 0 Å². The average molecular weight is 520 g/mol. The van der Waals surface area contributed by atoms with E-state index in [2.05, 4.69) is 4.10 Å². The van der Waals surface area contributed by atoms with E-state index in [4.69, 9.17) is 28.3 Å². The fourth-order valence-electron chi connectivity index (χ4n) is 3.53. The topological polar surface area (TPSA) is 98.8 Å². The Morgan fingerprint density at radius 3 is 1.57 bits per heavy atom. The standard InChI is InChI=1S/C21H24BF3O9S/c1-28-15-7-5-13(17(11-15)30-3)9-19-20(10-14-6-8-16(29-2)12-18(14)31-4)33-22(32-19)34-35(26,27)21(23,24)25/h5-8,11-12,19-20H,9-10H2,1-4H3/t19-,20-/m0/s1. The number of methoxy groups -OCH3 is 4. The molecule has 0 unspecified atom stereocenters. The van der Waals surface area contributed by atoms with Crippen molar-refractivity contribution in [2.45, 2.75) is 30.6 Å². The first-order chi connectivity index (χ1) is 16.5. The summed E-state index contributed by atoms with van der Waals surface area (Å²) in [5, 5.41) is 0. The van der Waals surface area contributed by atoms with Crippen molar-refractivity contribution in [1.82, 2.24) is 0 Å². The molecule has 9 nitrogen and oxygen atoms in total. The zero-order valence-electron chi connectivity index (χ0n) is 19.3. The Kier molecular flexibility index (Phi) is 8.41. The molecule has 2 aromatic rings. The number of benzene rings is 2. The van der Waals surface area contributed by atoms with E-state index in [0.717, 1.165) is 0 Å². The van der Waals surface area contributed by atoms with Gasteiger partial charge in [0.25, 0.3) is 0 Å². The van der Waals surface area contributed by atoms with E-state index in [1.807, 2.05) is 0 Å². The maximum Gasteiger partial charge on any atom is 0.655 e. The molecule has 0 radical (unpaired) electrons. The van der Waals surface area contributed by atoms with E-state index in [-0.39, 0.29) is 12.8 Å². The Labute approximate surface area is 201 Å². The number of ether oxygens (including phenoxy) is 4. The first-order valence-electron chi connectivity index (χ1n) is 10.2. The van der Waals surface area contributed by atoms with Crippen molar-refractivity contribution >= 4 is 17.4 Å². The highest BCUT2D eigenvalue weighted by Gasteiger charge is 2.53. The lowest BCUT2D eigenvalue weighted by Gasteiger charge is -2.21. The smallest absolute Gasteiger partial charge is 0.497 e. The number of rotatable bonds is 10. The average Bonchev–Trinajstić information content (AvgIpc) is 3.18. The monoisotopic (exact) mass is 520 g/mol. The molecular formula is C21H24BF3O9S. The minimum Gasteiger partial charge on any atom is -0.497 e. The fraction of sp³-hybridized carbons (Fsp3) is 0.429. The molecule has 0 aromatic heterocycles. The van der Waals surface area contributed by atoms with Crippen molar-refractivity contribution in [3.63, 3.8) is 0 Å². The molecule has 2 atom stereocenters. The fourth-order valence-corrected chi connectivity index (χ4v) is 3.94. The van der Waals surface area contributed by atoms with E-state index in [1.165, 1.54) is 28.4 Å². The summed E-state index contributed by atoms with van der Waals surface area (Å²) in [6.07, 6.45) is -1.56. The Hall–Kier alpha value is -2.68. The second kappa shape index (κ2) is 10.9. The van der Waals surface area contributed by atoms with Gasteiger partial charge < -0.3 is 28.3 Å². The predicted molar refractivity (Wildman–Crippen MR) is 118 cm³/mol. The van der Waals surface area contributed by atoms with E-state index < -0.39 is 35.2 Å². The molecule has 0 spiro atoms. The van der Waals surface area contributed by atoms with Crippen molar-refractivity contribution in [3.8, 4) is 23.0 Å². The van der Waals surface area contributed by atoms with Gasteiger partial charge in [0.1, 0.15) is 23.0 Å². The summed E-state index contributed by atoms with van der Waals surface area (Å²) >= 11 is 0. The molecular weight excluding hydrogens is 496 g/mol. The molecule has 0 saturated carbocycles. The zero-order chi connectivity index (χ0) is 25.8. The molecule has 2 aromatic carbocycles. The quantitative estimate of drug-likeness (QED) is 0.346. The van der Waals surface area contributed by atoms with Crippen molar-refractivity contribution in [2.24, 2.45) is 0 Å². The second-order valence-electron chi connectivity index (χ2n) is 7.40. The van der Waals surface area contributed by atoms with Gasteiger partial charge in [-0.2, -0.15) is 21.6 Å². The number of halogens is 3. The van der Waals surface area contributed by atoms with Crippen molar-refractivity contribution in [2.75, 3.05) is 28.4 Å². The maximum atomic E-state index is 12.8. The number of hydrogen-bond donors (Lipinski definition) is 0. The molecule has 192 valence electrons. The van der Waals surface area contributed by atoms with Gasteiger partial charge >= 0.3 is 22.9 Å². The van der Waals surface area contributed by atoms with Crippen LogP contribution in [-0.2, 0) is 36.4 Å². The highest BCUT2D eigenvalue weighted by Crippen LogP contribution is 2.34. The van der Waals surface area contributed by atoms with Crippen LogP contribution in [0.1, 0.15) is 11.1 Å². The third-order valence-corrected chi connectivity index (χ3v) is 6.28. The normalized spacial score (nSPS) is 18.4. The molecule has 14 heteroatoms. The Bertz CT molecular complexity index is 1060. The van der Waals surface area contributed by atoms with Gasteiger partial charge in [0, 0.05) is 25.0 Å². The van der Waals surface area contributed by atoms with E-state index in [1.54, 1.807) is 36.4 Å². The van der Waals surface area contributed by atoms with Crippen LogP contribution in [0.3, 0.4) is 0 Å². The van der Waals surface area contributed by atoms with Gasteiger partial charge in [-0.05, 0) is 23.3 Å². The van der Waals surface area contributed by atoms with Crippen LogP contribution in [0.25, 0.3) is 0 Å². The summed E-state index contributed by atoms with van der Waals surface area (Å²) in [6, 6.07) is 10.0. The van der Waals surface area contributed by atoms with Crippen LogP contribution in [0.4, 0.5) is 13.2 Å². The van der Waals surface area contributed by atoms with Gasteiger partial charge in [0.2, 0.25) is 0 Å². The summed E-state index contributed by atoms with van der Waals surface area (Å²) in [4.78, 5) is 0. The Morgan fingerprint density at radius 1 is 0.800 bits per heavy atom. The largest absolute Gasteiger partial charge is 0.655 e. The van der Waals surface area contributed by atoms with E-state index in [9.17, 15) is 21.6 Å². The lowest BCUT2D eigenvalue weighted by molar-refractivity contribution is -0.0515. The summed E-state index contributed by atoms with van der Waals surface area (Å²) < 4.78 is 97.8. The van der Waals surface area contributed by atoms with Crippen LogP contribution in [0.2, 0.25) is 0 Å². The molecule has 0 aliphatic carbocycles. The van der Waals surface area contributed by atoms with Crippen LogP contribution < -0.4 is 18.9 Å². The summed E-state index contributed by atoms with van der Waals surface area (Å²) in [7, 11) is -2.16. The number of alkyl halides is 3. The van der Waals surface area contributed by atoms with Crippen LogP contribution in [-0.4, -0.2) is 61.9 Å². The molecule has 35 heavy (non-hydrogen) atoms. The molecule has 1 aliphatic rings.